The van der Waals surface area contributed by atoms with Crippen molar-refractivity contribution >= 4 is 11.9 Å². The number of nitrogens with zero attached hydrogens (tertiary/aromatic N) is 1. The first kappa shape index (κ1) is 15.6. The zero-order valence-corrected chi connectivity index (χ0v) is 13.0. The van der Waals surface area contributed by atoms with E-state index in [2.05, 4.69) is 11.5 Å². The van der Waals surface area contributed by atoms with Gasteiger partial charge < -0.3 is 14.0 Å². The number of hydrogen-bond acceptors (Lipinski definition) is 4. The van der Waals surface area contributed by atoms with Crippen molar-refractivity contribution in [2.45, 2.75) is 51.0 Å². The van der Waals surface area contributed by atoms with Crippen LogP contribution in [0, 0.1) is 0 Å². The van der Waals surface area contributed by atoms with E-state index >= 15 is 0 Å². The lowest BCUT2D eigenvalue weighted by Crippen LogP contribution is -2.34. The van der Waals surface area contributed by atoms with Crippen LogP contribution in [0.25, 0.3) is 0 Å². The van der Waals surface area contributed by atoms with Crippen LogP contribution >= 0.6 is 0 Å². The topological polar surface area (TPSA) is 57.5 Å². The standard InChI is InChI=1S/C16H23NO4/c1-4-16(10-8-14(18)20-2)9-5-11-17-12(15(19)21-3)6-7-13(16)17/h6-7H,4-5,8-11H2,1-3H3/t16-/m1/s1. The molecular formula is C16H23NO4. The molecule has 0 fully saturated rings. The van der Waals surface area contributed by atoms with E-state index in [1.165, 1.54) is 14.2 Å². The Morgan fingerprint density at radius 3 is 2.67 bits per heavy atom. The van der Waals surface area contributed by atoms with E-state index in [1.54, 1.807) is 0 Å². The van der Waals surface area contributed by atoms with Gasteiger partial charge in [-0.25, -0.2) is 4.79 Å². The number of rotatable bonds is 5. The Morgan fingerprint density at radius 2 is 2.05 bits per heavy atom. The average Bonchev–Trinajstić information content (AvgIpc) is 2.96. The fourth-order valence-electron chi connectivity index (χ4n) is 3.39. The number of ether oxygens (including phenoxy) is 2. The zero-order valence-electron chi connectivity index (χ0n) is 13.0. The number of esters is 2. The van der Waals surface area contributed by atoms with Gasteiger partial charge in [0.05, 0.1) is 14.2 Å². The van der Waals surface area contributed by atoms with Crippen LogP contribution in [-0.4, -0.2) is 30.7 Å². The van der Waals surface area contributed by atoms with E-state index < -0.39 is 0 Å². The summed E-state index contributed by atoms with van der Waals surface area (Å²) < 4.78 is 11.7. The number of carbonyl (C=O) groups excluding carboxylic acids is 2. The molecule has 0 aliphatic carbocycles. The van der Waals surface area contributed by atoms with Gasteiger partial charge in [0.2, 0.25) is 0 Å². The highest BCUT2D eigenvalue weighted by Gasteiger charge is 2.37. The number of methoxy groups -OCH3 is 2. The van der Waals surface area contributed by atoms with Gasteiger partial charge in [-0.3, -0.25) is 4.79 Å². The van der Waals surface area contributed by atoms with Gasteiger partial charge in [0.1, 0.15) is 5.69 Å². The van der Waals surface area contributed by atoms with E-state index in [9.17, 15) is 9.59 Å². The average molecular weight is 293 g/mol. The first-order valence-electron chi connectivity index (χ1n) is 7.43. The molecule has 5 nitrogen and oxygen atoms in total. The van der Waals surface area contributed by atoms with Crippen LogP contribution in [-0.2, 0) is 26.2 Å². The van der Waals surface area contributed by atoms with Crippen LogP contribution in [0.5, 0.6) is 0 Å². The van der Waals surface area contributed by atoms with Crippen LogP contribution in [0.2, 0.25) is 0 Å². The lowest BCUT2D eigenvalue weighted by molar-refractivity contribution is -0.141. The maximum Gasteiger partial charge on any atom is 0.354 e. The van der Waals surface area contributed by atoms with E-state index in [0.717, 1.165) is 37.9 Å². The fraction of sp³-hybridized carbons (Fsp3) is 0.625. The second-order valence-electron chi connectivity index (χ2n) is 5.56. The van der Waals surface area contributed by atoms with Crippen molar-refractivity contribution in [3.05, 3.63) is 23.5 Å². The van der Waals surface area contributed by atoms with Crippen molar-refractivity contribution in [1.29, 1.82) is 0 Å². The first-order chi connectivity index (χ1) is 10.1. The van der Waals surface area contributed by atoms with Gasteiger partial charge in [0.15, 0.2) is 0 Å². The lowest BCUT2D eigenvalue weighted by Gasteiger charge is -2.38. The number of aromatic nitrogens is 1. The van der Waals surface area contributed by atoms with Crippen LogP contribution in [0.3, 0.4) is 0 Å². The molecule has 0 N–H and O–H groups in total. The van der Waals surface area contributed by atoms with E-state index in [-0.39, 0.29) is 17.4 Å². The fourth-order valence-corrected chi connectivity index (χ4v) is 3.39. The van der Waals surface area contributed by atoms with E-state index in [1.807, 2.05) is 12.1 Å². The van der Waals surface area contributed by atoms with E-state index in [4.69, 9.17) is 9.47 Å². The summed E-state index contributed by atoms with van der Waals surface area (Å²) in [7, 11) is 2.81. The summed E-state index contributed by atoms with van der Waals surface area (Å²) in [6.45, 7) is 2.96. The Balaban J connectivity index is 2.32. The maximum atomic E-state index is 11.8. The predicted molar refractivity (Wildman–Crippen MR) is 78.2 cm³/mol. The molecule has 1 aliphatic rings. The third-order valence-corrected chi connectivity index (χ3v) is 4.67. The third-order valence-electron chi connectivity index (χ3n) is 4.67. The molecule has 116 valence electrons. The van der Waals surface area contributed by atoms with Gasteiger partial charge in [-0.05, 0) is 37.8 Å². The van der Waals surface area contributed by atoms with Gasteiger partial charge >= 0.3 is 11.9 Å². The summed E-state index contributed by atoms with van der Waals surface area (Å²) >= 11 is 0. The molecule has 1 aromatic heterocycles. The summed E-state index contributed by atoms with van der Waals surface area (Å²) in [6, 6.07) is 3.83. The monoisotopic (exact) mass is 293 g/mol. The Bertz CT molecular complexity index is 534. The maximum absolute atomic E-state index is 11.8. The van der Waals surface area contributed by atoms with E-state index in [0.29, 0.717) is 12.1 Å². The quantitative estimate of drug-likeness (QED) is 0.783. The molecule has 5 heteroatoms. The second-order valence-corrected chi connectivity index (χ2v) is 5.56. The molecule has 0 aromatic carbocycles. The van der Waals surface area contributed by atoms with Gasteiger partial charge in [0.25, 0.3) is 0 Å². The molecule has 0 amide bonds. The summed E-state index contributed by atoms with van der Waals surface area (Å²) in [5, 5.41) is 0. The predicted octanol–water partition coefficient (Wildman–Crippen LogP) is 2.67. The molecule has 1 atom stereocenters. The van der Waals surface area contributed by atoms with Crippen LogP contribution in [0.1, 0.15) is 55.2 Å². The van der Waals surface area contributed by atoms with Crippen molar-refractivity contribution in [3.63, 3.8) is 0 Å². The molecule has 21 heavy (non-hydrogen) atoms. The number of carbonyl (C=O) groups is 2. The van der Waals surface area contributed by atoms with Gasteiger partial charge in [-0.15, -0.1) is 0 Å². The Morgan fingerprint density at radius 1 is 1.29 bits per heavy atom. The molecular weight excluding hydrogens is 270 g/mol. The SMILES string of the molecule is CC[C@]1(CCC(=O)OC)CCCn2c(C(=O)OC)ccc21. The molecule has 2 rings (SSSR count). The normalized spacial score (nSPS) is 20.7. The molecule has 0 bridgehead atoms. The summed E-state index contributed by atoms with van der Waals surface area (Å²) in [5.74, 6) is -0.485. The Labute approximate surface area is 125 Å². The summed E-state index contributed by atoms with van der Waals surface area (Å²) in [6.07, 6.45) is 4.13. The Kier molecular flexibility index (Phi) is 4.70. The van der Waals surface area contributed by atoms with Crippen LogP contribution < -0.4 is 0 Å². The van der Waals surface area contributed by atoms with Gasteiger partial charge in [-0.2, -0.15) is 0 Å². The van der Waals surface area contributed by atoms with Crippen molar-refractivity contribution in [1.82, 2.24) is 4.57 Å². The smallest absolute Gasteiger partial charge is 0.354 e. The molecule has 2 heterocycles. The highest BCUT2D eigenvalue weighted by molar-refractivity contribution is 5.88. The van der Waals surface area contributed by atoms with Crippen molar-refractivity contribution < 1.29 is 19.1 Å². The van der Waals surface area contributed by atoms with Crippen LogP contribution in [0.4, 0.5) is 0 Å². The van der Waals surface area contributed by atoms with Crippen molar-refractivity contribution in [2.24, 2.45) is 0 Å². The molecule has 0 unspecified atom stereocenters. The molecule has 0 radical (unpaired) electrons. The van der Waals surface area contributed by atoms with Gasteiger partial charge in [-0.1, -0.05) is 6.92 Å². The zero-order chi connectivity index (χ0) is 15.5. The van der Waals surface area contributed by atoms with Crippen LogP contribution in [0.15, 0.2) is 12.1 Å². The second kappa shape index (κ2) is 6.33. The highest BCUT2D eigenvalue weighted by Crippen LogP contribution is 2.42. The van der Waals surface area contributed by atoms with Gasteiger partial charge in [0, 0.05) is 24.1 Å². The first-order valence-corrected chi connectivity index (χ1v) is 7.43. The molecule has 0 spiro atoms. The minimum atomic E-state index is -0.305. The molecule has 0 saturated carbocycles. The summed E-state index contributed by atoms with van der Waals surface area (Å²) in [5.41, 5.74) is 1.68. The minimum Gasteiger partial charge on any atom is -0.469 e. The summed E-state index contributed by atoms with van der Waals surface area (Å²) in [4.78, 5) is 23.3. The Hall–Kier alpha value is -1.78. The number of fused-ring (bicyclic) bond motifs is 1. The molecule has 0 saturated heterocycles. The van der Waals surface area contributed by atoms with Crippen molar-refractivity contribution in [2.75, 3.05) is 14.2 Å². The highest BCUT2D eigenvalue weighted by atomic mass is 16.5. The number of hydrogen-bond donors (Lipinski definition) is 0. The lowest BCUT2D eigenvalue weighted by atomic mass is 9.72. The largest absolute Gasteiger partial charge is 0.469 e. The molecule has 1 aromatic rings. The third kappa shape index (κ3) is 2.82. The molecule has 1 aliphatic heterocycles. The minimum absolute atomic E-state index is 0.0568. The van der Waals surface area contributed by atoms with Crippen molar-refractivity contribution in [3.8, 4) is 0 Å².